The molecule has 30 heavy (non-hydrogen) atoms. The molecule has 154 valence electrons. The molecule has 3 aromatic rings. The van der Waals surface area contributed by atoms with Crippen LogP contribution in [0.15, 0.2) is 40.9 Å². The summed E-state index contributed by atoms with van der Waals surface area (Å²) in [6.07, 6.45) is 2.25. The number of anilines is 3. The Hall–Kier alpha value is -3.49. The predicted octanol–water partition coefficient (Wildman–Crippen LogP) is 2.75. The van der Waals surface area contributed by atoms with E-state index in [1.165, 1.54) is 0 Å². The number of carbonyl (C=O) groups excluding carboxylic acids is 1. The van der Waals surface area contributed by atoms with Gasteiger partial charge in [0.25, 0.3) is 5.91 Å². The fourth-order valence-corrected chi connectivity index (χ4v) is 3.56. The Labute approximate surface area is 174 Å². The Bertz CT molecular complexity index is 1040. The van der Waals surface area contributed by atoms with Gasteiger partial charge < -0.3 is 19.6 Å². The zero-order valence-electron chi connectivity index (χ0n) is 16.8. The van der Waals surface area contributed by atoms with E-state index < -0.39 is 0 Å². The summed E-state index contributed by atoms with van der Waals surface area (Å²) < 4.78 is 5.31. The first-order valence-corrected chi connectivity index (χ1v) is 10.2. The van der Waals surface area contributed by atoms with Crippen molar-refractivity contribution in [1.82, 2.24) is 25.2 Å². The molecule has 1 saturated heterocycles. The van der Waals surface area contributed by atoms with Crippen LogP contribution in [0.2, 0.25) is 0 Å². The third-order valence-corrected chi connectivity index (χ3v) is 5.41. The van der Waals surface area contributed by atoms with E-state index in [0.717, 1.165) is 35.9 Å². The number of amides is 1. The lowest BCUT2D eigenvalue weighted by Crippen LogP contribution is -2.49. The van der Waals surface area contributed by atoms with Crippen LogP contribution in [-0.4, -0.2) is 57.3 Å². The molecule has 1 amide bonds. The molecule has 9 nitrogen and oxygen atoms in total. The van der Waals surface area contributed by atoms with Gasteiger partial charge in [0.2, 0.25) is 0 Å². The molecule has 0 bridgehead atoms. The summed E-state index contributed by atoms with van der Waals surface area (Å²) >= 11 is 0. The van der Waals surface area contributed by atoms with Crippen LogP contribution in [0, 0.1) is 6.92 Å². The zero-order chi connectivity index (χ0) is 20.5. The number of aryl methyl sites for hydroxylation is 1. The monoisotopic (exact) mass is 405 g/mol. The highest BCUT2D eigenvalue weighted by Gasteiger charge is 2.30. The Balaban J connectivity index is 1.17. The molecule has 0 atom stereocenters. The molecule has 4 heterocycles. The largest absolute Gasteiger partial charge is 0.360 e. The Morgan fingerprint density at radius 1 is 1.07 bits per heavy atom. The van der Waals surface area contributed by atoms with E-state index in [1.807, 2.05) is 42.2 Å². The van der Waals surface area contributed by atoms with Crippen molar-refractivity contribution in [2.24, 2.45) is 0 Å². The molecular weight excluding hydrogens is 382 g/mol. The fraction of sp³-hybridized carbons (Fsp3) is 0.381. The predicted molar refractivity (Wildman–Crippen MR) is 111 cm³/mol. The number of pyridine rings is 1. The molecule has 1 aliphatic heterocycles. The van der Waals surface area contributed by atoms with Crippen LogP contribution in [0.5, 0.6) is 0 Å². The van der Waals surface area contributed by atoms with Crippen LogP contribution in [0.3, 0.4) is 0 Å². The van der Waals surface area contributed by atoms with E-state index >= 15 is 0 Å². The van der Waals surface area contributed by atoms with E-state index in [-0.39, 0.29) is 5.91 Å². The number of rotatable bonds is 5. The van der Waals surface area contributed by atoms with Crippen LogP contribution >= 0.6 is 0 Å². The molecule has 1 saturated carbocycles. The number of piperazine rings is 1. The van der Waals surface area contributed by atoms with Gasteiger partial charge in [-0.3, -0.25) is 4.79 Å². The molecule has 1 aliphatic carbocycles. The minimum absolute atomic E-state index is 0.0680. The number of hydrogen-bond acceptors (Lipinski definition) is 8. The highest BCUT2D eigenvalue weighted by atomic mass is 16.5. The van der Waals surface area contributed by atoms with Crippen LogP contribution in [0.25, 0.3) is 0 Å². The van der Waals surface area contributed by atoms with Gasteiger partial charge >= 0.3 is 0 Å². The molecule has 9 heteroatoms. The van der Waals surface area contributed by atoms with E-state index in [1.54, 1.807) is 6.07 Å². The zero-order valence-corrected chi connectivity index (χ0v) is 16.8. The normalized spacial score (nSPS) is 16.6. The lowest BCUT2D eigenvalue weighted by molar-refractivity contribution is 0.0736. The quantitative estimate of drug-likeness (QED) is 0.692. The van der Waals surface area contributed by atoms with Crippen molar-refractivity contribution in [2.45, 2.75) is 25.7 Å². The van der Waals surface area contributed by atoms with E-state index in [2.05, 4.69) is 30.6 Å². The molecule has 2 fully saturated rings. The lowest BCUT2D eigenvalue weighted by atomic mass is 10.2. The molecule has 0 spiro atoms. The summed E-state index contributed by atoms with van der Waals surface area (Å²) in [4.78, 5) is 21.0. The number of hydrogen-bond donors (Lipinski definition) is 1. The average molecular weight is 405 g/mol. The number of nitrogens with one attached hydrogen (secondary N) is 1. The SMILES string of the molecule is Cc1cccc(Nc2ccc(N3CCN(C(=O)c4cc(C5CC5)on4)CC3)nn2)n1. The van der Waals surface area contributed by atoms with Gasteiger partial charge in [-0.1, -0.05) is 11.2 Å². The van der Waals surface area contributed by atoms with Gasteiger partial charge in [0.15, 0.2) is 17.3 Å². The highest BCUT2D eigenvalue weighted by molar-refractivity contribution is 5.92. The van der Waals surface area contributed by atoms with Gasteiger partial charge in [-0.2, -0.15) is 0 Å². The summed E-state index contributed by atoms with van der Waals surface area (Å²) in [5.74, 6) is 3.39. The molecular formula is C21H23N7O2. The molecule has 1 N–H and O–H groups in total. The number of aromatic nitrogens is 4. The third-order valence-electron chi connectivity index (χ3n) is 5.41. The second-order valence-corrected chi connectivity index (χ2v) is 7.73. The van der Waals surface area contributed by atoms with Crippen LogP contribution in [0.4, 0.5) is 17.5 Å². The number of nitrogens with zero attached hydrogens (tertiary/aromatic N) is 6. The van der Waals surface area contributed by atoms with Crippen LogP contribution in [0.1, 0.15) is 40.7 Å². The average Bonchev–Trinajstić information content (AvgIpc) is 3.51. The van der Waals surface area contributed by atoms with E-state index in [0.29, 0.717) is 43.6 Å². The molecule has 0 radical (unpaired) electrons. The maximum atomic E-state index is 12.7. The summed E-state index contributed by atoms with van der Waals surface area (Å²) in [6.45, 7) is 4.55. The van der Waals surface area contributed by atoms with Gasteiger partial charge in [-0.15, -0.1) is 10.2 Å². The van der Waals surface area contributed by atoms with Gasteiger partial charge in [0.1, 0.15) is 11.6 Å². The van der Waals surface area contributed by atoms with Crippen molar-refractivity contribution < 1.29 is 9.32 Å². The molecule has 2 aliphatic rings. The maximum absolute atomic E-state index is 12.7. The minimum atomic E-state index is -0.0680. The first-order valence-electron chi connectivity index (χ1n) is 10.2. The first-order chi connectivity index (χ1) is 14.7. The molecule has 0 aromatic carbocycles. The van der Waals surface area contributed by atoms with Crippen molar-refractivity contribution in [1.29, 1.82) is 0 Å². The topological polar surface area (TPSA) is 100 Å². The van der Waals surface area contributed by atoms with Crippen molar-refractivity contribution in [3.63, 3.8) is 0 Å². The summed E-state index contributed by atoms with van der Waals surface area (Å²) in [5, 5.41) is 15.7. The number of carbonyl (C=O) groups is 1. The summed E-state index contributed by atoms with van der Waals surface area (Å²) in [5.41, 5.74) is 1.34. The Kier molecular flexibility index (Phi) is 4.78. The van der Waals surface area contributed by atoms with Crippen molar-refractivity contribution in [2.75, 3.05) is 36.4 Å². The van der Waals surface area contributed by atoms with Gasteiger partial charge in [0, 0.05) is 43.9 Å². The first kappa shape index (κ1) is 18.5. The fourth-order valence-electron chi connectivity index (χ4n) is 3.56. The maximum Gasteiger partial charge on any atom is 0.276 e. The standard InChI is InChI=1S/C21H23N7O2/c1-14-3-2-4-18(22-14)23-19-7-8-20(25-24-19)27-9-11-28(12-10-27)21(29)16-13-17(30-26-16)15-5-6-15/h2-4,7-8,13,15H,5-6,9-12H2,1H3,(H,22,23,24). The second-order valence-electron chi connectivity index (χ2n) is 7.73. The van der Waals surface area contributed by atoms with E-state index in [9.17, 15) is 4.79 Å². The second kappa shape index (κ2) is 7.74. The minimum Gasteiger partial charge on any atom is -0.360 e. The summed E-state index contributed by atoms with van der Waals surface area (Å²) in [6, 6.07) is 11.4. The highest BCUT2D eigenvalue weighted by Crippen LogP contribution is 2.40. The molecule has 3 aromatic heterocycles. The van der Waals surface area contributed by atoms with Crippen molar-refractivity contribution >= 4 is 23.4 Å². The summed E-state index contributed by atoms with van der Waals surface area (Å²) in [7, 11) is 0. The molecule has 5 rings (SSSR count). The van der Waals surface area contributed by atoms with E-state index in [4.69, 9.17) is 4.52 Å². The van der Waals surface area contributed by atoms with Crippen molar-refractivity contribution in [3.05, 3.63) is 53.5 Å². The van der Waals surface area contributed by atoms with Crippen molar-refractivity contribution in [3.8, 4) is 0 Å². The van der Waals surface area contributed by atoms with Gasteiger partial charge in [-0.05, 0) is 44.0 Å². The van der Waals surface area contributed by atoms with Gasteiger partial charge in [-0.25, -0.2) is 4.98 Å². The van der Waals surface area contributed by atoms with Gasteiger partial charge in [0.05, 0.1) is 0 Å². The lowest BCUT2D eigenvalue weighted by Gasteiger charge is -2.34. The Morgan fingerprint density at radius 2 is 1.90 bits per heavy atom. The smallest absolute Gasteiger partial charge is 0.276 e. The Morgan fingerprint density at radius 3 is 2.60 bits per heavy atom. The third kappa shape index (κ3) is 3.96. The molecule has 0 unspecified atom stereocenters. The van der Waals surface area contributed by atoms with Crippen LogP contribution in [-0.2, 0) is 0 Å². The van der Waals surface area contributed by atoms with Crippen LogP contribution < -0.4 is 10.2 Å².